The topological polar surface area (TPSA) is 43.8 Å². The van der Waals surface area contributed by atoms with Gasteiger partial charge >= 0.3 is 0 Å². The highest BCUT2D eigenvalue weighted by Crippen LogP contribution is 2.29. The molecule has 16 heavy (non-hydrogen) atoms. The Labute approximate surface area is 99.9 Å². The smallest absolute Gasteiger partial charge is 0.0952 e. The first-order chi connectivity index (χ1) is 7.74. The summed E-state index contributed by atoms with van der Waals surface area (Å²) in [6.45, 7) is 4.26. The normalized spacial score (nSPS) is 14.9. The lowest BCUT2D eigenvalue weighted by Crippen LogP contribution is -2.31. The molecule has 0 aliphatic rings. The highest BCUT2D eigenvalue weighted by molar-refractivity contribution is 7.10. The average Bonchev–Trinajstić information content (AvgIpc) is 2.92. The zero-order valence-corrected chi connectivity index (χ0v) is 10.4. The van der Waals surface area contributed by atoms with Gasteiger partial charge in [0.25, 0.3) is 0 Å². The molecule has 2 heterocycles. The zero-order valence-electron chi connectivity index (χ0n) is 9.63. The van der Waals surface area contributed by atoms with Crippen molar-refractivity contribution >= 4 is 11.3 Å². The van der Waals surface area contributed by atoms with Gasteiger partial charge in [0.15, 0.2) is 0 Å². The number of aryl methyl sites for hydroxylation is 1. The molecular formula is C12H17N3S. The summed E-state index contributed by atoms with van der Waals surface area (Å²) in [7, 11) is 0. The number of nitrogens with two attached hydrogens (primary N) is 1. The van der Waals surface area contributed by atoms with Crippen LogP contribution in [0.2, 0.25) is 0 Å². The second kappa shape index (κ2) is 4.80. The van der Waals surface area contributed by atoms with Gasteiger partial charge in [-0.05, 0) is 30.4 Å². The van der Waals surface area contributed by atoms with Crippen molar-refractivity contribution in [3.63, 3.8) is 0 Å². The van der Waals surface area contributed by atoms with E-state index < -0.39 is 0 Å². The van der Waals surface area contributed by atoms with Gasteiger partial charge < -0.3 is 10.3 Å². The van der Waals surface area contributed by atoms with Crippen LogP contribution >= 0.6 is 11.3 Å². The van der Waals surface area contributed by atoms with Crippen LogP contribution in [0, 0.1) is 6.92 Å². The van der Waals surface area contributed by atoms with Crippen molar-refractivity contribution in [2.75, 3.05) is 0 Å². The first kappa shape index (κ1) is 11.4. The van der Waals surface area contributed by atoms with Crippen LogP contribution in [0.25, 0.3) is 0 Å². The van der Waals surface area contributed by atoms with E-state index in [-0.39, 0.29) is 12.1 Å². The Balaban J connectivity index is 2.40. The molecule has 2 atom stereocenters. The third kappa shape index (κ3) is 2.03. The minimum atomic E-state index is 0.131. The lowest BCUT2D eigenvalue weighted by Gasteiger charge is -2.24. The van der Waals surface area contributed by atoms with Crippen molar-refractivity contribution in [1.82, 2.24) is 9.55 Å². The fourth-order valence-electron chi connectivity index (χ4n) is 1.90. The van der Waals surface area contributed by atoms with Crippen molar-refractivity contribution in [2.45, 2.75) is 32.4 Å². The molecule has 0 saturated carbocycles. The molecule has 86 valence electrons. The summed E-state index contributed by atoms with van der Waals surface area (Å²) in [5, 5.41) is 2.12. The van der Waals surface area contributed by atoms with E-state index in [0.29, 0.717) is 0 Å². The molecular weight excluding hydrogens is 218 g/mol. The Kier molecular flexibility index (Phi) is 3.41. The van der Waals surface area contributed by atoms with Crippen molar-refractivity contribution in [2.24, 2.45) is 5.73 Å². The van der Waals surface area contributed by atoms with E-state index in [9.17, 15) is 0 Å². The summed E-state index contributed by atoms with van der Waals surface area (Å²) in [5.41, 5.74) is 7.54. The zero-order chi connectivity index (χ0) is 11.5. The van der Waals surface area contributed by atoms with E-state index in [1.54, 1.807) is 17.5 Å². The number of aromatic nitrogens is 2. The summed E-state index contributed by atoms with van der Waals surface area (Å²) in [6.07, 6.45) is 6.59. The Morgan fingerprint density at radius 3 is 2.88 bits per heavy atom. The highest BCUT2D eigenvalue weighted by Gasteiger charge is 2.22. The van der Waals surface area contributed by atoms with Crippen LogP contribution in [0.5, 0.6) is 0 Å². The summed E-state index contributed by atoms with van der Waals surface area (Å²) < 4.78 is 2.10. The molecule has 0 amide bonds. The van der Waals surface area contributed by atoms with Crippen molar-refractivity contribution in [3.8, 4) is 0 Å². The summed E-state index contributed by atoms with van der Waals surface area (Å²) >= 11 is 1.77. The molecule has 0 aliphatic heterocycles. The van der Waals surface area contributed by atoms with Gasteiger partial charge in [-0.2, -0.15) is 0 Å². The second-order valence-corrected chi connectivity index (χ2v) is 4.94. The lowest BCUT2D eigenvalue weighted by atomic mass is 10.0. The molecule has 2 aromatic rings. The van der Waals surface area contributed by atoms with Crippen LogP contribution in [0.15, 0.2) is 30.2 Å². The molecule has 0 aromatic carbocycles. The predicted molar refractivity (Wildman–Crippen MR) is 67.7 cm³/mol. The Morgan fingerprint density at radius 1 is 1.56 bits per heavy atom. The van der Waals surface area contributed by atoms with Gasteiger partial charge in [0.1, 0.15) is 0 Å². The van der Waals surface area contributed by atoms with Crippen LogP contribution < -0.4 is 5.73 Å². The molecule has 2 N–H and O–H groups in total. The van der Waals surface area contributed by atoms with E-state index in [4.69, 9.17) is 5.73 Å². The summed E-state index contributed by atoms with van der Waals surface area (Å²) in [6, 6.07) is 2.49. The first-order valence-corrected chi connectivity index (χ1v) is 6.39. The molecule has 0 bridgehead atoms. The maximum Gasteiger partial charge on any atom is 0.0952 e. The number of hydrogen-bond donors (Lipinski definition) is 1. The maximum absolute atomic E-state index is 6.23. The molecule has 4 heteroatoms. The minimum Gasteiger partial charge on any atom is -0.328 e. The van der Waals surface area contributed by atoms with E-state index in [1.165, 1.54) is 10.4 Å². The van der Waals surface area contributed by atoms with Crippen LogP contribution in [0.1, 0.15) is 29.8 Å². The van der Waals surface area contributed by atoms with Gasteiger partial charge in [-0.15, -0.1) is 11.3 Å². The minimum absolute atomic E-state index is 0.131. The Bertz CT molecular complexity index is 433. The van der Waals surface area contributed by atoms with Crippen LogP contribution in [-0.2, 0) is 0 Å². The summed E-state index contributed by atoms with van der Waals surface area (Å²) in [5.74, 6) is 0. The summed E-state index contributed by atoms with van der Waals surface area (Å²) in [4.78, 5) is 5.45. The van der Waals surface area contributed by atoms with E-state index >= 15 is 0 Å². The number of thiophene rings is 1. The first-order valence-electron chi connectivity index (χ1n) is 5.51. The molecule has 0 fully saturated rings. The third-order valence-electron chi connectivity index (χ3n) is 2.89. The van der Waals surface area contributed by atoms with Crippen LogP contribution in [-0.4, -0.2) is 15.6 Å². The Morgan fingerprint density at radius 2 is 2.38 bits per heavy atom. The molecule has 0 spiro atoms. The van der Waals surface area contributed by atoms with Gasteiger partial charge in [0.2, 0.25) is 0 Å². The largest absolute Gasteiger partial charge is 0.328 e. The molecule has 2 unspecified atom stereocenters. The van der Waals surface area contributed by atoms with Gasteiger partial charge in [0, 0.05) is 23.3 Å². The van der Waals surface area contributed by atoms with Gasteiger partial charge in [-0.3, -0.25) is 0 Å². The molecule has 3 nitrogen and oxygen atoms in total. The monoisotopic (exact) mass is 235 g/mol. The van der Waals surface area contributed by atoms with Gasteiger partial charge in [-0.25, -0.2) is 4.98 Å². The average molecular weight is 235 g/mol. The second-order valence-electron chi connectivity index (χ2n) is 3.99. The van der Waals surface area contributed by atoms with Crippen molar-refractivity contribution in [3.05, 3.63) is 40.6 Å². The number of hydrogen-bond acceptors (Lipinski definition) is 3. The molecule has 2 aromatic heterocycles. The van der Waals surface area contributed by atoms with Crippen molar-refractivity contribution in [1.29, 1.82) is 0 Å². The molecule has 0 radical (unpaired) electrons. The lowest BCUT2D eigenvalue weighted by molar-refractivity contribution is 0.463. The van der Waals surface area contributed by atoms with Gasteiger partial charge in [0.05, 0.1) is 12.4 Å². The number of rotatable bonds is 4. The molecule has 0 aliphatic carbocycles. The Hall–Kier alpha value is -1.13. The fourth-order valence-corrected chi connectivity index (χ4v) is 3.00. The van der Waals surface area contributed by atoms with Gasteiger partial charge in [-0.1, -0.05) is 6.92 Å². The standard InChI is InChI=1S/C12H17N3S/c1-3-10(13)11(15-6-5-14-8-15)12-9(2)4-7-16-12/h4-8,10-11H,3,13H2,1-2H3. The predicted octanol–water partition coefficient (Wildman–Crippen LogP) is 2.58. The van der Waals surface area contributed by atoms with Crippen LogP contribution in [0.4, 0.5) is 0 Å². The number of nitrogens with zero attached hydrogens (tertiary/aromatic N) is 2. The van der Waals surface area contributed by atoms with E-state index in [0.717, 1.165) is 6.42 Å². The molecule has 2 rings (SSSR count). The quantitative estimate of drug-likeness (QED) is 0.885. The molecule has 0 saturated heterocycles. The third-order valence-corrected chi connectivity index (χ3v) is 3.98. The van der Waals surface area contributed by atoms with Crippen molar-refractivity contribution < 1.29 is 0 Å². The fraction of sp³-hybridized carbons (Fsp3) is 0.417. The number of imidazole rings is 1. The van der Waals surface area contributed by atoms with E-state index in [1.807, 2.05) is 12.5 Å². The highest BCUT2D eigenvalue weighted by atomic mass is 32.1. The maximum atomic E-state index is 6.23. The van der Waals surface area contributed by atoms with E-state index in [2.05, 4.69) is 34.8 Å². The van der Waals surface area contributed by atoms with Crippen LogP contribution in [0.3, 0.4) is 0 Å². The SMILES string of the molecule is CCC(N)C(c1sccc1C)n1ccnc1.